The van der Waals surface area contributed by atoms with Gasteiger partial charge in [0.1, 0.15) is 17.7 Å². The van der Waals surface area contributed by atoms with Crippen LogP contribution in [-0.2, 0) is 0 Å². The van der Waals surface area contributed by atoms with Crippen molar-refractivity contribution in [2.24, 2.45) is 0 Å². The van der Waals surface area contributed by atoms with Gasteiger partial charge in [0.25, 0.3) is 0 Å². The second kappa shape index (κ2) is 5.04. The molecule has 3 nitrogen and oxygen atoms in total. The summed E-state index contributed by atoms with van der Waals surface area (Å²) in [6, 6.07) is 6.23. The van der Waals surface area contributed by atoms with Crippen molar-refractivity contribution >= 4 is 21.7 Å². The fraction of sp³-hybridized carbons (Fsp3) is 0.154. The highest BCUT2D eigenvalue weighted by molar-refractivity contribution is 9.10. The lowest BCUT2D eigenvalue weighted by molar-refractivity contribution is 0.219. The Morgan fingerprint density at radius 3 is 2.72 bits per heavy atom. The van der Waals surface area contributed by atoms with Crippen molar-refractivity contribution in [2.75, 3.05) is 5.73 Å². The molecule has 18 heavy (non-hydrogen) atoms. The van der Waals surface area contributed by atoms with Gasteiger partial charge in [0.2, 0.25) is 0 Å². The van der Waals surface area contributed by atoms with E-state index in [4.69, 9.17) is 5.73 Å². The summed E-state index contributed by atoms with van der Waals surface area (Å²) >= 11 is 3.07. The Hall–Kier alpha value is -1.46. The van der Waals surface area contributed by atoms with E-state index in [1.807, 2.05) is 6.92 Å². The van der Waals surface area contributed by atoms with Crippen molar-refractivity contribution in [1.29, 1.82) is 0 Å². The maximum absolute atomic E-state index is 13.5. The standard InChI is InChI=1S/C13H12BrFN2O/c1-7-4-5-17-13(16)11(7)12(18)8-2-3-9(14)10(15)6-8/h2-6,12,18H,1H3,(H2,16,17). The van der Waals surface area contributed by atoms with Crippen LogP contribution in [0, 0.1) is 12.7 Å². The third-order valence-electron chi connectivity index (χ3n) is 2.77. The van der Waals surface area contributed by atoms with Gasteiger partial charge in [-0.15, -0.1) is 0 Å². The predicted octanol–water partition coefficient (Wildman–Crippen LogP) is 2.96. The minimum absolute atomic E-state index is 0.255. The van der Waals surface area contributed by atoms with E-state index in [1.165, 1.54) is 6.07 Å². The fourth-order valence-electron chi connectivity index (χ4n) is 1.80. The van der Waals surface area contributed by atoms with Gasteiger partial charge in [-0.05, 0) is 52.2 Å². The maximum atomic E-state index is 13.5. The molecule has 0 bridgehead atoms. The first-order valence-electron chi connectivity index (χ1n) is 5.34. The van der Waals surface area contributed by atoms with E-state index in [0.29, 0.717) is 15.6 Å². The molecule has 0 aliphatic heterocycles. The predicted molar refractivity (Wildman–Crippen MR) is 71.5 cm³/mol. The molecule has 0 fully saturated rings. The molecule has 0 radical (unpaired) electrons. The average Bonchev–Trinajstić information content (AvgIpc) is 2.32. The Kier molecular flexibility index (Phi) is 3.63. The number of hydrogen-bond donors (Lipinski definition) is 2. The van der Waals surface area contributed by atoms with Crippen molar-refractivity contribution in [3.8, 4) is 0 Å². The number of aliphatic hydroxyl groups excluding tert-OH is 1. The molecule has 2 rings (SSSR count). The number of aromatic nitrogens is 1. The Bertz CT molecular complexity index is 569. The lowest BCUT2D eigenvalue weighted by atomic mass is 9.98. The number of nitrogen functional groups attached to an aromatic ring is 1. The van der Waals surface area contributed by atoms with Gasteiger partial charge < -0.3 is 10.8 Å². The molecule has 1 aromatic carbocycles. The van der Waals surface area contributed by atoms with Gasteiger partial charge in [-0.3, -0.25) is 0 Å². The highest BCUT2D eigenvalue weighted by Crippen LogP contribution is 2.29. The SMILES string of the molecule is Cc1ccnc(N)c1C(O)c1ccc(Br)c(F)c1. The van der Waals surface area contributed by atoms with Crippen LogP contribution in [0.4, 0.5) is 10.2 Å². The van der Waals surface area contributed by atoms with Crippen molar-refractivity contribution < 1.29 is 9.50 Å². The molecular formula is C13H12BrFN2O. The van der Waals surface area contributed by atoms with Crippen LogP contribution >= 0.6 is 15.9 Å². The zero-order chi connectivity index (χ0) is 13.3. The molecule has 1 aromatic heterocycles. The first kappa shape index (κ1) is 13.0. The third kappa shape index (κ3) is 2.37. The van der Waals surface area contributed by atoms with Crippen LogP contribution in [0.3, 0.4) is 0 Å². The van der Waals surface area contributed by atoms with E-state index in [2.05, 4.69) is 20.9 Å². The number of aliphatic hydroxyl groups is 1. The molecular weight excluding hydrogens is 299 g/mol. The average molecular weight is 311 g/mol. The van der Waals surface area contributed by atoms with E-state index in [-0.39, 0.29) is 5.82 Å². The second-order valence-electron chi connectivity index (χ2n) is 4.00. The Morgan fingerprint density at radius 2 is 2.11 bits per heavy atom. The van der Waals surface area contributed by atoms with Gasteiger partial charge in [0.05, 0.1) is 4.47 Å². The lowest BCUT2D eigenvalue weighted by Crippen LogP contribution is -2.08. The number of aryl methyl sites for hydroxylation is 1. The van der Waals surface area contributed by atoms with Gasteiger partial charge in [0.15, 0.2) is 0 Å². The molecule has 2 aromatic rings. The van der Waals surface area contributed by atoms with Gasteiger partial charge in [-0.2, -0.15) is 0 Å². The molecule has 1 unspecified atom stereocenters. The molecule has 0 spiro atoms. The molecule has 0 saturated heterocycles. The number of nitrogens with two attached hydrogens (primary N) is 1. The van der Waals surface area contributed by atoms with Gasteiger partial charge in [-0.25, -0.2) is 9.37 Å². The summed E-state index contributed by atoms with van der Waals surface area (Å²) in [6.45, 7) is 1.83. The summed E-state index contributed by atoms with van der Waals surface area (Å²) in [7, 11) is 0. The number of benzene rings is 1. The molecule has 0 amide bonds. The zero-order valence-corrected chi connectivity index (χ0v) is 11.3. The number of hydrogen-bond acceptors (Lipinski definition) is 3. The van der Waals surface area contributed by atoms with Crippen LogP contribution in [0.25, 0.3) is 0 Å². The van der Waals surface area contributed by atoms with Crippen LogP contribution in [0.1, 0.15) is 22.8 Å². The van der Waals surface area contributed by atoms with E-state index in [0.717, 1.165) is 5.56 Å². The summed E-state index contributed by atoms with van der Waals surface area (Å²) in [5.74, 6) is -0.169. The van der Waals surface area contributed by atoms with Crippen LogP contribution in [0.15, 0.2) is 34.9 Å². The molecule has 94 valence electrons. The largest absolute Gasteiger partial charge is 0.384 e. The highest BCUT2D eigenvalue weighted by atomic mass is 79.9. The van der Waals surface area contributed by atoms with Gasteiger partial charge in [-0.1, -0.05) is 6.07 Å². The summed E-state index contributed by atoms with van der Waals surface area (Å²) in [5, 5.41) is 10.3. The number of nitrogens with zero attached hydrogens (tertiary/aromatic N) is 1. The number of halogens is 2. The third-order valence-corrected chi connectivity index (χ3v) is 3.41. The normalized spacial score (nSPS) is 12.4. The smallest absolute Gasteiger partial charge is 0.137 e. The first-order chi connectivity index (χ1) is 8.50. The second-order valence-corrected chi connectivity index (χ2v) is 4.86. The number of pyridine rings is 1. The Labute approximate surface area is 113 Å². The van der Waals surface area contributed by atoms with Gasteiger partial charge >= 0.3 is 0 Å². The highest BCUT2D eigenvalue weighted by Gasteiger charge is 2.17. The van der Waals surface area contributed by atoms with Crippen LogP contribution in [0.5, 0.6) is 0 Å². The maximum Gasteiger partial charge on any atom is 0.137 e. The molecule has 5 heteroatoms. The van der Waals surface area contributed by atoms with Crippen molar-refractivity contribution in [1.82, 2.24) is 4.98 Å². The molecule has 0 aliphatic rings. The van der Waals surface area contributed by atoms with E-state index < -0.39 is 11.9 Å². The van der Waals surface area contributed by atoms with Crippen molar-refractivity contribution in [3.05, 3.63) is 57.4 Å². The summed E-state index contributed by atoms with van der Waals surface area (Å²) < 4.78 is 13.8. The monoisotopic (exact) mass is 310 g/mol. The zero-order valence-electron chi connectivity index (χ0n) is 9.69. The Balaban J connectivity index is 2.48. The topological polar surface area (TPSA) is 59.1 Å². The number of rotatable bonds is 2. The minimum Gasteiger partial charge on any atom is -0.384 e. The van der Waals surface area contributed by atoms with E-state index >= 15 is 0 Å². The van der Waals surface area contributed by atoms with Crippen molar-refractivity contribution in [3.63, 3.8) is 0 Å². The van der Waals surface area contributed by atoms with Crippen LogP contribution in [-0.4, -0.2) is 10.1 Å². The molecule has 3 N–H and O–H groups in total. The lowest BCUT2D eigenvalue weighted by Gasteiger charge is -2.16. The quantitative estimate of drug-likeness (QED) is 0.896. The van der Waals surface area contributed by atoms with Crippen LogP contribution in [0.2, 0.25) is 0 Å². The molecule has 0 saturated carbocycles. The molecule has 1 atom stereocenters. The van der Waals surface area contributed by atoms with Crippen LogP contribution < -0.4 is 5.73 Å². The van der Waals surface area contributed by atoms with Gasteiger partial charge in [0, 0.05) is 11.8 Å². The summed E-state index contributed by atoms with van der Waals surface area (Å²) in [6.07, 6.45) is 0.588. The van der Waals surface area contributed by atoms with E-state index in [1.54, 1.807) is 24.4 Å². The summed E-state index contributed by atoms with van der Waals surface area (Å²) in [5.41, 5.74) is 7.53. The number of anilines is 1. The summed E-state index contributed by atoms with van der Waals surface area (Å²) in [4.78, 5) is 3.94. The first-order valence-corrected chi connectivity index (χ1v) is 6.14. The molecule has 0 aliphatic carbocycles. The Morgan fingerprint density at radius 1 is 1.39 bits per heavy atom. The van der Waals surface area contributed by atoms with Crippen molar-refractivity contribution in [2.45, 2.75) is 13.0 Å². The fourth-order valence-corrected chi connectivity index (χ4v) is 2.04. The van der Waals surface area contributed by atoms with E-state index in [9.17, 15) is 9.50 Å². The minimum atomic E-state index is -0.985. The molecule has 1 heterocycles.